The van der Waals surface area contributed by atoms with Crippen LogP contribution in [0.25, 0.3) is 0 Å². The van der Waals surface area contributed by atoms with Gasteiger partial charge in [-0.3, -0.25) is 4.79 Å². The summed E-state index contributed by atoms with van der Waals surface area (Å²) in [5.41, 5.74) is -0.519. The summed E-state index contributed by atoms with van der Waals surface area (Å²) in [5.74, 6) is -0.631. The largest absolute Gasteiger partial charge is 0.481 e. The van der Waals surface area contributed by atoms with E-state index in [0.717, 1.165) is 19.3 Å². The van der Waals surface area contributed by atoms with Gasteiger partial charge in [-0.25, -0.2) is 0 Å². The van der Waals surface area contributed by atoms with E-state index in [1.54, 1.807) is 0 Å². The first kappa shape index (κ1) is 10.8. The molecule has 94 valence electrons. The van der Waals surface area contributed by atoms with Crippen LogP contribution in [0.5, 0.6) is 0 Å². The minimum atomic E-state index is -0.626. The van der Waals surface area contributed by atoms with Gasteiger partial charge in [0, 0.05) is 5.92 Å². The van der Waals surface area contributed by atoms with E-state index < -0.39 is 17.2 Å². The average Bonchev–Trinajstić information content (AvgIpc) is 2.84. The number of aliphatic carboxylic acids is 1. The second kappa shape index (κ2) is 2.89. The SMILES string of the molecule is O=C(O)C12CC3CC1CC(Br)(C2)C31OCCO1. The smallest absolute Gasteiger partial charge is 0.309 e. The highest BCUT2D eigenvalue weighted by Gasteiger charge is 2.78. The second-order valence-corrected chi connectivity index (χ2v) is 7.52. The molecule has 0 aromatic rings. The van der Waals surface area contributed by atoms with Crippen LogP contribution in [0, 0.1) is 17.3 Å². The van der Waals surface area contributed by atoms with Gasteiger partial charge in [0.1, 0.15) is 0 Å². The standard InChI is InChI=1S/C12H15BrO4/c13-11-5-7-3-8(12(11)16-1-2-17-12)4-10(7,6-11)9(14)15/h7-8H,1-6H2,(H,14,15). The van der Waals surface area contributed by atoms with Gasteiger partial charge < -0.3 is 14.6 Å². The molecule has 5 aliphatic rings. The molecule has 17 heavy (non-hydrogen) atoms. The Morgan fingerprint density at radius 1 is 1.24 bits per heavy atom. The molecule has 5 fully saturated rings. The van der Waals surface area contributed by atoms with E-state index in [-0.39, 0.29) is 10.2 Å². The van der Waals surface area contributed by atoms with Crippen molar-refractivity contribution in [2.75, 3.05) is 13.2 Å². The first-order chi connectivity index (χ1) is 8.03. The lowest BCUT2D eigenvalue weighted by Gasteiger charge is -2.50. The number of carboxylic acid groups (broad SMARTS) is 1. The van der Waals surface area contributed by atoms with Crippen molar-refractivity contribution >= 4 is 21.9 Å². The first-order valence-corrected chi connectivity index (χ1v) is 7.02. The molecule has 1 N–H and O–H groups in total. The van der Waals surface area contributed by atoms with Crippen LogP contribution in [-0.2, 0) is 14.3 Å². The number of carbonyl (C=O) groups is 1. The zero-order valence-corrected chi connectivity index (χ0v) is 11.0. The molecular formula is C12H15BrO4. The maximum Gasteiger partial charge on any atom is 0.309 e. The van der Waals surface area contributed by atoms with Crippen molar-refractivity contribution in [3.63, 3.8) is 0 Å². The Hall–Kier alpha value is -0.130. The van der Waals surface area contributed by atoms with Crippen molar-refractivity contribution in [3.8, 4) is 0 Å². The number of hydrogen-bond donors (Lipinski definition) is 1. The van der Waals surface area contributed by atoms with Crippen molar-refractivity contribution in [2.45, 2.75) is 35.8 Å². The van der Waals surface area contributed by atoms with Crippen LogP contribution in [0.2, 0.25) is 0 Å². The Balaban J connectivity index is 1.82. The Morgan fingerprint density at radius 2 is 1.94 bits per heavy atom. The number of halogens is 1. The molecule has 4 nitrogen and oxygen atoms in total. The molecule has 5 heteroatoms. The molecule has 4 atom stereocenters. The normalized spacial score (nSPS) is 53.7. The van der Waals surface area contributed by atoms with E-state index >= 15 is 0 Å². The summed E-state index contributed by atoms with van der Waals surface area (Å²) < 4.78 is 11.6. The Bertz CT molecular complexity index is 405. The molecule has 0 aromatic carbocycles. The summed E-state index contributed by atoms with van der Waals surface area (Å²) in [4.78, 5) is 11.6. The molecule has 4 aliphatic carbocycles. The Morgan fingerprint density at radius 3 is 2.47 bits per heavy atom. The second-order valence-electron chi connectivity index (χ2n) is 6.01. The lowest BCUT2D eigenvalue weighted by atomic mass is 9.71. The molecule has 4 unspecified atom stereocenters. The molecule has 1 heterocycles. The van der Waals surface area contributed by atoms with Crippen molar-refractivity contribution in [1.82, 2.24) is 0 Å². The van der Waals surface area contributed by atoms with Gasteiger partial charge in [0.25, 0.3) is 0 Å². The topological polar surface area (TPSA) is 55.8 Å². The maximum atomic E-state index is 11.6. The van der Waals surface area contributed by atoms with Crippen LogP contribution < -0.4 is 0 Å². The number of hydrogen-bond acceptors (Lipinski definition) is 3. The molecule has 5 rings (SSSR count). The summed E-state index contributed by atoms with van der Waals surface area (Å²) in [6, 6.07) is 0. The number of ether oxygens (including phenoxy) is 2. The van der Waals surface area contributed by atoms with E-state index in [0.29, 0.717) is 25.6 Å². The lowest BCUT2D eigenvalue weighted by Crippen LogP contribution is -2.59. The number of alkyl halides is 1. The Labute approximate surface area is 108 Å². The van der Waals surface area contributed by atoms with E-state index in [4.69, 9.17) is 9.47 Å². The van der Waals surface area contributed by atoms with E-state index in [9.17, 15) is 9.90 Å². The average molecular weight is 303 g/mol. The van der Waals surface area contributed by atoms with Crippen molar-refractivity contribution in [2.24, 2.45) is 17.3 Å². The van der Waals surface area contributed by atoms with Crippen LogP contribution in [0.15, 0.2) is 0 Å². The molecule has 0 radical (unpaired) electrons. The van der Waals surface area contributed by atoms with Crippen LogP contribution in [-0.4, -0.2) is 34.4 Å². The molecule has 1 aliphatic heterocycles. The van der Waals surface area contributed by atoms with Crippen LogP contribution in [0.3, 0.4) is 0 Å². The monoisotopic (exact) mass is 302 g/mol. The highest BCUT2D eigenvalue weighted by Crippen LogP contribution is 2.74. The van der Waals surface area contributed by atoms with Gasteiger partial charge in [0.15, 0.2) is 5.79 Å². The van der Waals surface area contributed by atoms with Gasteiger partial charge in [-0.1, -0.05) is 15.9 Å². The molecule has 0 aromatic heterocycles. The van der Waals surface area contributed by atoms with Crippen LogP contribution >= 0.6 is 15.9 Å². The summed E-state index contributed by atoms with van der Waals surface area (Å²) in [5, 5.41) is 9.56. The lowest BCUT2D eigenvalue weighted by molar-refractivity contribution is -0.234. The van der Waals surface area contributed by atoms with Gasteiger partial charge in [0.05, 0.1) is 23.0 Å². The van der Waals surface area contributed by atoms with Gasteiger partial charge in [0.2, 0.25) is 0 Å². The van der Waals surface area contributed by atoms with E-state index in [1.165, 1.54) is 0 Å². The highest BCUT2D eigenvalue weighted by molar-refractivity contribution is 9.10. The highest BCUT2D eigenvalue weighted by atomic mass is 79.9. The van der Waals surface area contributed by atoms with Crippen molar-refractivity contribution in [3.05, 3.63) is 0 Å². The fraction of sp³-hybridized carbons (Fsp3) is 0.917. The maximum absolute atomic E-state index is 11.6. The molecule has 1 spiro atoms. The minimum Gasteiger partial charge on any atom is -0.481 e. The fourth-order valence-electron chi connectivity index (χ4n) is 4.90. The third-order valence-corrected chi connectivity index (χ3v) is 6.59. The van der Waals surface area contributed by atoms with Gasteiger partial charge in [-0.2, -0.15) is 0 Å². The molecule has 1 saturated heterocycles. The Kier molecular flexibility index (Phi) is 1.83. The van der Waals surface area contributed by atoms with Gasteiger partial charge in [-0.15, -0.1) is 0 Å². The third kappa shape index (κ3) is 0.978. The van der Waals surface area contributed by atoms with Gasteiger partial charge >= 0.3 is 5.97 Å². The predicted octanol–water partition coefficient (Wildman–Crippen LogP) is 1.77. The minimum absolute atomic E-state index is 0.243. The van der Waals surface area contributed by atoms with Gasteiger partial charge in [-0.05, 0) is 31.6 Å². The number of carboxylic acids is 1. The van der Waals surface area contributed by atoms with Crippen LogP contribution in [0.1, 0.15) is 25.7 Å². The van der Waals surface area contributed by atoms with Crippen molar-refractivity contribution < 1.29 is 19.4 Å². The zero-order chi connectivity index (χ0) is 11.9. The quantitative estimate of drug-likeness (QED) is 0.750. The molecular weight excluding hydrogens is 288 g/mol. The fourth-order valence-corrected chi connectivity index (χ4v) is 6.34. The predicted molar refractivity (Wildman–Crippen MR) is 61.8 cm³/mol. The van der Waals surface area contributed by atoms with E-state index in [2.05, 4.69) is 15.9 Å². The third-order valence-electron chi connectivity index (χ3n) is 5.43. The summed E-state index contributed by atoms with van der Waals surface area (Å²) in [7, 11) is 0. The summed E-state index contributed by atoms with van der Waals surface area (Å²) in [6.07, 6.45) is 3.19. The molecule has 4 saturated carbocycles. The van der Waals surface area contributed by atoms with Crippen molar-refractivity contribution in [1.29, 1.82) is 0 Å². The molecule has 4 bridgehead atoms. The molecule has 0 amide bonds. The van der Waals surface area contributed by atoms with E-state index in [1.807, 2.05) is 0 Å². The number of rotatable bonds is 1. The zero-order valence-electron chi connectivity index (χ0n) is 9.45. The first-order valence-electron chi connectivity index (χ1n) is 6.23. The van der Waals surface area contributed by atoms with Crippen LogP contribution in [0.4, 0.5) is 0 Å². The summed E-state index contributed by atoms with van der Waals surface area (Å²) >= 11 is 3.78. The summed E-state index contributed by atoms with van der Waals surface area (Å²) in [6.45, 7) is 1.27.